The van der Waals surface area contributed by atoms with Crippen molar-refractivity contribution in [1.82, 2.24) is 9.62 Å². The van der Waals surface area contributed by atoms with E-state index in [1.807, 2.05) is 6.92 Å². The minimum Gasteiger partial charge on any atom is -0.494 e. The number of nitrogens with one attached hydrogen (secondary N) is 1. The molecule has 1 aliphatic heterocycles. The van der Waals surface area contributed by atoms with Gasteiger partial charge in [-0.2, -0.15) is 0 Å². The highest BCUT2D eigenvalue weighted by Crippen LogP contribution is 2.16. The third-order valence-electron chi connectivity index (χ3n) is 4.01. The molecule has 2 rings (SSSR count). The topological polar surface area (TPSA) is 84.9 Å². The Kier molecular flexibility index (Phi) is 7.22. The van der Waals surface area contributed by atoms with Gasteiger partial charge < -0.3 is 14.4 Å². The summed E-state index contributed by atoms with van der Waals surface area (Å²) in [4.78, 5) is 13.5. The number of hydrogen-bond acceptors (Lipinski definition) is 5. The van der Waals surface area contributed by atoms with Crippen molar-refractivity contribution in [3.05, 3.63) is 24.3 Å². The van der Waals surface area contributed by atoms with Crippen LogP contribution in [0, 0.1) is 0 Å². The molecular formula is C17H26N2O5S. The zero-order chi connectivity index (χ0) is 18.3. The fourth-order valence-corrected chi connectivity index (χ4v) is 3.71. The highest BCUT2D eigenvalue weighted by molar-refractivity contribution is 7.89. The van der Waals surface area contributed by atoms with Crippen LogP contribution >= 0.6 is 0 Å². The maximum atomic E-state index is 12.3. The second-order valence-corrected chi connectivity index (χ2v) is 7.67. The lowest BCUT2D eigenvalue weighted by Gasteiger charge is -2.24. The molecule has 1 N–H and O–H groups in total. The van der Waals surface area contributed by atoms with Crippen molar-refractivity contribution >= 4 is 15.9 Å². The van der Waals surface area contributed by atoms with Crippen LogP contribution in [0.5, 0.6) is 5.75 Å². The Morgan fingerprint density at radius 2 is 2.08 bits per heavy atom. The van der Waals surface area contributed by atoms with Gasteiger partial charge >= 0.3 is 0 Å². The molecule has 1 aliphatic rings. The van der Waals surface area contributed by atoms with E-state index in [0.29, 0.717) is 25.4 Å². The van der Waals surface area contributed by atoms with E-state index in [0.717, 1.165) is 19.4 Å². The third kappa shape index (κ3) is 5.98. The Hall–Kier alpha value is -1.64. The van der Waals surface area contributed by atoms with Gasteiger partial charge in [-0.3, -0.25) is 4.79 Å². The van der Waals surface area contributed by atoms with Gasteiger partial charge in [0, 0.05) is 33.2 Å². The van der Waals surface area contributed by atoms with Crippen molar-refractivity contribution in [1.29, 1.82) is 0 Å². The summed E-state index contributed by atoms with van der Waals surface area (Å²) in [6.45, 7) is 5.56. The number of ether oxygens (including phenoxy) is 2. The maximum absolute atomic E-state index is 12.3. The molecule has 140 valence electrons. The lowest BCUT2D eigenvalue weighted by molar-refractivity contribution is -0.130. The largest absolute Gasteiger partial charge is 0.494 e. The molecule has 0 aliphatic carbocycles. The van der Waals surface area contributed by atoms with Gasteiger partial charge in [0.1, 0.15) is 5.75 Å². The highest BCUT2D eigenvalue weighted by Gasteiger charge is 2.21. The Bertz CT molecular complexity index is 654. The number of hydrogen-bond donors (Lipinski definition) is 1. The molecule has 1 unspecified atom stereocenters. The number of amides is 1. The van der Waals surface area contributed by atoms with Crippen molar-refractivity contribution in [2.75, 3.05) is 32.8 Å². The zero-order valence-corrected chi connectivity index (χ0v) is 15.5. The molecule has 8 heteroatoms. The van der Waals surface area contributed by atoms with Gasteiger partial charge in [-0.1, -0.05) is 0 Å². The van der Waals surface area contributed by atoms with Gasteiger partial charge in [0.2, 0.25) is 15.9 Å². The van der Waals surface area contributed by atoms with Crippen molar-refractivity contribution in [3.8, 4) is 5.75 Å². The van der Waals surface area contributed by atoms with Crippen LogP contribution in [0.15, 0.2) is 29.2 Å². The van der Waals surface area contributed by atoms with E-state index >= 15 is 0 Å². The average Bonchev–Trinajstić information content (AvgIpc) is 3.07. The Morgan fingerprint density at radius 1 is 1.36 bits per heavy atom. The maximum Gasteiger partial charge on any atom is 0.240 e. The quantitative estimate of drug-likeness (QED) is 0.710. The summed E-state index contributed by atoms with van der Waals surface area (Å²) < 4.78 is 38.0. The van der Waals surface area contributed by atoms with Gasteiger partial charge in [0.25, 0.3) is 0 Å². The van der Waals surface area contributed by atoms with Crippen LogP contribution in [0.3, 0.4) is 0 Å². The van der Waals surface area contributed by atoms with Gasteiger partial charge in [0.05, 0.1) is 17.6 Å². The number of carbonyl (C=O) groups is 1. The fourth-order valence-electron chi connectivity index (χ4n) is 2.69. The third-order valence-corrected chi connectivity index (χ3v) is 5.49. The summed E-state index contributed by atoms with van der Waals surface area (Å²) in [7, 11) is -3.62. The minimum atomic E-state index is -3.62. The molecule has 1 aromatic rings. The Morgan fingerprint density at radius 3 is 2.64 bits per heavy atom. The lowest BCUT2D eigenvalue weighted by atomic mass is 10.2. The molecule has 0 aromatic heterocycles. The van der Waals surface area contributed by atoms with Gasteiger partial charge in [0.15, 0.2) is 0 Å². The molecule has 1 fully saturated rings. The smallest absolute Gasteiger partial charge is 0.240 e. The zero-order valence-electron chi connectivity index (χ0n) is 14.7. The summed E-state index contributed by atoms with van der Waals surface area (Å²) in [5.41, 5.74) is 0. The summed E-state index contributed by atoms with van der Waals surface area (Å²) in [5, 5.41) is 0. The Labute approximate surface area is 149 Å². The van der Waals surface area contributed by atoms with Crippen LogP contribution in [-0.4, -0.2) is 58.2 Å². The molecule has 1 amide bonds. The monoisotopic (exact) mass is 370 g/mol. The van der Waals surface area contributed by atoms with Gasteiger partial charge in [-0.15, -0.1) is 0 Å². The minimum absolute atomic E-state index is 0.0478. The number of benzene rings is 1. The van der Waals surface area contributed by atoms with Crippen LogP contribution in [0.25, 0.3) is 0 Å². The van der Waals surface area contributed by atoms with E-state index in [2.05, 4.69) is 4.72 Å². The Balaban J connectivity index is 1.87. The molecule has 0 bridgehead atoms. The van der Waals surface area contributed by atoms with Crippen molar-refractivity contribution < 1.29 is 22.7 Å². The number of rotatable bonds is 9. The van der Waals surface area contributed by atoms with E-state index in [1.54, 1.807) is 17.0 Å². The van der Waals surface area contributed by atoms with Gasteiger partial charge in [-0.25, -0.2) is 13.1 Å². The molecular weight excluding hydrogens is 344 g/mol. The highest BCUT2D eigenvalue weighted by atomic mass is 32.2. The number of carbonyl (C=O) groups excluding carboxylic acids is 1. The first kappa shape index (κ1) is 19.7. The molecule has 0 saturated carbocycles. The van der Waals surface area contributed by atoms with E-state index in [4.69, 9.17) is 9.47 Å². The van der Waals surface area contributed by atoms with E-state index in [1.165, 1.54) is 19.1 Å². The van der Waals surface area contributed by atoms with Crippen LogP contribution in [0.4, 0.5) is 0 Å². The molecule has 1 aromatic carbocycles. The molecule has 7 nitrogen and oxygen atoms in total. The first-order valence-electron chi connectivity index (χ1n) is 8.52. The number of nitrogens with zero attached hydrogens (tertiary/aromatic N) is 1. The van der Waals surface area contributed by atoms with E-state index in [9.17, 15) is 13.2 Å². The van der Waals surface area contributed by atoms with Crippen LogP contribution in [0.1, 0.15) is 26.7 Å². The predicted molar refractivity (Wildman–Crippen MR) is 94.0 cm³/mol. The first-order valence-corrected chi connectivity index (χ1v) is 10.0. The van der Waals surface area contributed by atoms with Crippen LogP contribution in [0.2, 0.25) is 0 Å². The van der Waals surface area contributed by atoms with E-state index < -0.39 is 10.0 Å². The van der Waals surface area contributed by atoms with Crippen LogP contribution in [-0.2, 0) is 19.6 Å². The fraction of sp³-hybridized carbons (Fsp3) is 0.588. The average molecular weight is 370 g/mol. The summed E-state index contributed by atoms with van der Waals surface area (Å²) in [6.07, 6.45) is 1.98. The standard InChI is InChI=1S/C17H26N2O5S/c1-3-23-15-6-8-17(9-7-15)25(21,22)18-10-11-19(14(2)20)13-16-5-4-12-24-16/h6-9,16,18H,3-5,10-13H2,1-2H3. The van der Waals surface area contributed by atoms with Crippen molar-refractivity contribution in [2.45, 2.75) is 37.7 Å². The lowest BCUT2D eigenvalue weighted by Crippen LogP contribution is -2.41. The van der Waals surface area contributed by atoms with Crippen molar-refractivity contribution in [2.24, 2.45) is 0 Å². The molecule has 1 atom stereocenters. The first-order chi connectivity index (χ1) is 11.9. The molecule has 1 heterocycles. The second kappa shape index (κ2) is 9.17. The summed E-state index contributed by atoms with van der Waals surface area (Å²) in [6, 6.07) is 6.25. The van der Waals surface area contributed by atoms with Crippen LogP contribution < -0.4 is 9.46 Å². The predicted octanol–water partition coefficient (Wildman–Crippen LogP) is 1.39. The number of sulfonamides is 1. The molecule has 0 radical (unpaired) electrons. The second-order valence-electron chi connectivity index (χ2n) is 5.90. The molecule has 25 heavy (non-hydrogen) atoms. The van der Waals surface area contributed by atoms with E-state index in [-0.39, 0.29) is 23.5 Å². The van der Waals surface area contributed by atoms with Crippen molar-refractivity contribution in [3.63, 3.8) is 0 Å². The summed E-state index contributed by atoms with van der Waals surface area (Å²) >= 11 is 0. The SMILES string of the molecule is CCOc1ccc(S(=O)(=O)NCCN(CC2CCCO2)C(C)=O)cc1. The molecule has 0 spiro atoms. The summed E-state index contributed by atoms with van der Waals surface area (Å²) in [5.74, 6) is 0.538. The normalized spacial score (nSPS) is 17.4. The molecule has 1 saturated heterocycles. The van der Waals surface area contributed by atoms with Gasteiger partial charge in [-0.05, 0) is 44.0 Å².